The number of carboxylic acids is 1. The van der Waals surface area contributed by atoms with Crippen LogP contribution in [0.25, 0.3) is 10.6 Å². The largest absolute Gasteiger partial charge is 0.481 e. The van der Waals surface area contributed by atoms with Gasteiger partial charge in [0.05, 0.1) is 27.7 Å². The molecule has 0 unspecified atom stereocenters. The Kier molecular flexibility index (Phi) is 4.43. The number of likely N-dealkylation sites (tertiary alicyclic amines) is 1. The van der Waals surface area contributed by atoms with Gasteiger partial charge in [0, 0.05) is 13.1 Å². The molecule has 0 radical (unpaired) electrons. The maximum absolute atomic E-state index is 12.7. The fourth-order valence-corrected chi connectivity index (χ4v) is 3.58. The van der Waals surface area contributed by atoms with E-state index in [4.69, 9.17) is 5.11 Å². The van der Waals surface area contributed by atoms with Crippen molar-refractivity contribution in [1.29, 1.82) is 0 Å². The van der Waals surface area contributed by atoms with Crippen LogP contribution in [0.4, 0.5) is 0 Å². The zero-order valence-electron chi connectivity index (χ0n) is 12.9. The van der Waals surface area contributed by atoms with Crippen LogP contribution in [0, 0.1) is 12.8 Å². The van der Waals surface area contributed by atoms with Crippen LogP contribution in [0.1, 0.15) is 28.9 Å². The van der Waals surface area contributed by atoms with Crippen molar-refractivity contribution in [2.24, 2.45) is 5.92 Å². The number of thiophene rings is 1. The minimum Gasteiger partial charge on any atom is -0.481 e. The Morgan fingerprint density at radius 3 is 2.83 bits per heavy atom. The van der Waals surface area contributed by atoms with Crippen LogP contribution in [0.15, 0.2) is 29.6 Å². The molecule has 1 aliphatic heterocycles. The quantitative estimate of drug-likeness (QED) is 0.939. The topological polar surface area (TPSA) is 70.5 Å². The van der Waals surface area contributed by atoms with Gasteiger partial charge in [-0.05, 0) is 43.3 Å². The number of hydrogen-bond acceptors (Lipinski definition) is 4. The van der Waals surface area contributed by atoms with Crippen LogP contribution < -0.4 is 0 Å². The number of piperidine rings is 1. The molecular weight excluding hydrogens is 312 g/mol. The van der Waals surface area contributed by atoms with Gasteiger partial charge in [-0.15, -0.1) is 11.3 Å². The van der Waals surface area contributed by atoms with Crippen molar-refractivity contribution in [3.63, 3.8) is 0 Å². The Labute approximate surface area is 138 Å². The number of nitrogens with zero attached hydrogens (tertiary/aromatic N) is 2. The Morgan fingerprint density at radius 1 is 1.35 bits per heavy atom. The molecule has 2 aromatic rings. The van der Waals surface area contributed by atoms with Gasteiger partial charge in [0.2, 0.25) is 0 Å². The van der Waals surface area contributed by atoms with E-state index in [0.717, 1.165) is 17.0 Å². The Hall–Kier alpha value is -2.21. The Morgan fingerprint density at radius 2 is 2.17 bits per heavy atom. The minimum absolute atomic E-state index is 0.126. The molecule has 0 aliphatic carbocycles. The third-order valence-electron chi connectivity index (χ3n) is 4.15. The zero-order valence-corrected chi connectivity index (χ0v) is 13.7. The van der Waals surface area contributed by atoms with Crippen LogP contribution >= 0.6 is 11.3 Å². The molecule has 1 saturated heterocycles. The number of aryl methyl sites for hydroxylation is 1. The first kappa shape index (κ1) is 15.7. The van der Waals surface area contributed by atoms with E-state index in [-0.39, 0.29) is 12.5 Å². The molecule has 0 saturated carbocycles. The normalized spacial score (nSPS) is 18.0. The summed E-state index contributed by atoms with van der Waals surface area (Å²) in [4.78, 5) is 31.1. The molecule has 3 heterocycles. The maximum atomic E-state index is 12.7. The Balaban J connectivity index is 1.81. The van der Waals surface area contributed by atoms with E-state index in [1.165, 1.54) is 0 Å². The second-order valence-corrected chi connectivity index (χ2v) is 6.68. The van der Waals surface area contributed by atoms with Crippen LogP contribution in [-0.2, 0) is 4.79 Å². The van der Waals surface area contributed by atoms with Crippen LogP contribution in [0.5, 0.6) is 0 Å². The summed E-state index contributed by atoms with van der Waals surface area (Å²) >= 11 is 1.61. The predicted molar refractivity (Wildman–Crippen MR) is 88.6 cm³/mol. The van der Waals surface area contributed by atoms with Gasteiger partial charge in [-0.1, -0.05) is 6.07 Å². The van der Waals surface area contributed by atoms with Crippen LogP contribution in [0.3, 0.4) is 0 Å². The molecule has 3 rings (SSSR count). The summed E-state index contributed by atoms with van der Waals surface area (Å²) in [6.45, 7) is 2.71. The second-order valence-electron chi connectivity index (χ2n) is 5.74. The number of aliphatic carboxylic acids is 1. The van der Waals surface area contributed by atoms with E-state index in [9.17, 15) is 9.59 Å². The Bertz CT molecular complexity index is 727. The number of amides is 1. The molecule has 1 fully saturated rings. The standard InChI is InChI=1S/C17H18N2O3S/c1-11-13(6-7-14(18-11)15-5-3-9-23-15)16(20)19-8-2-4-12(10-19)17(21)22/h3,5-7,9,12H,2,4,8,10H2,1H3,(H,21,22)/t12-/m0/s1. The van der Waals surface area contributed by atoms with E-state index in [1.54, 1.807) is 22.3 Å². The van der Waals surface area contributed by atoms with Gasteiger partial charge in [-0.25, -0.2) is 0 Å². The lowest BCUT2D eigenvalue weighted by Crippen LogP contribution is -2.42. The lowest BCUT2D eigenvalue weighted by atomic mass is 9.97. The van der Waals surface area contributed by atoms with Crippen molar-refractivity contribution in [2.45, 2.75) is 19.8 Å². The van der Waals surface area contributed by atoms with Gasteiger partial charge in [0.1, 0.15) is 0 Å². The van der Waals surface area contributed by atoms with Gasteiger partial charge >= 0.3 is 5.97 Å². The predicted octanol–water partition coefficient (Wildman–Crippen LogP) is 3.06. The van der Waals surface area contributed by atoms with Gasteiger partial charge in [0.25, 0.3) is 5.91 Å². The third-order valence-corrected chi connectivity index (χ3v) is 5.04. The summed E-state index contributed by atoms with van der Waals surface area (Å²) < 4.78 is 0. The van der Waals surface area contributed by atoms with E-state index in [1.807, 2.05) is 30.5 Å². The fourth-order valence-electron chi connectivity index (χ4n) is 2.88. The van der Waals surface area contributed by atoms with E-state index in [2.05, 4.69) is 4.98 Å². The molecule has 0 spiro atoms. The van der Waals surface area contributed by atoms with Crippen molar-refractivity contribution < 1.29 is 14.7 Å². The third kappa shape index (κ3) is 3.27. The van der Waals surface area contributed by atoms with Gasteiger partial charge in [-0.3, -0.25) is 14.6 Å². The van der Waals surface area contributed by atoms with Crippen LogP contribution in [0.2, 0.25) is 0 Å². The van der Waals surface area contributed by atoms with E-state index >= 15 is 0 Å². The fraction of sp³-hybridized carbons (Fsp3) is 0.353. The molecule has 6 heteroatoms. The molecule has 1 amide bonds. The second kappa shape index (κ2) is 6.50. The number of pyridine rings is 1. The van der Waals surface area contributed by atoms with Crippen LogP contribution in [-0.4, -0.2) is 40.0 Å². The van der Waals surface area contributed by atoms with Gasteiger partial charge < -0.3 is 10.0 Å². The number of aromatic nitrogens is 1. The summed E-state index contributed by atoms with van der Waals surface area (Å²) in [5.41, 5.74) is 2.09. The zero-order chi connectivity index (χ0) is 16.4. The molecular formula is C17H18N2O3S. The molecule has 120 valence electrons. The monoisotopic (exact) mass is 330 g/mol. The molecule has 1 atom stereocenters. The molecule has 0 bridgehead atoms. The maximum Gasteiger partial charge on any atom is 0.308 e. The highest BCUT2D eigenvalue weighted by molar-refractivity contribution is 7.13. The summed E-state index contributed by atoms with van der Waals surface area (Å²) in [6.07, 6.45) is 1.36. The van der Waals surface area contributed by atoms with Crippen molar-refractivity contribution in [1.82, 2.24) is 9.88 Å². The van der Waals surface area contributed by atoms with Crippen molar-refractivity contribution in [3.05, 3.63) is 40.9 Å². The number of carboxylic acid groups (broad SMARTS) is 1. The molecule has 23 heavy (non-hydrogen) atoms. The summed E-state index contributed by atoms with van der Waals surface area (Å²) in [5, 5.41) is 11.1. The number of rotatable bonds is 3. The number of carbonyl (C=O) groups excluding carboxylic acids is 1. The lowest BCUT2D eigenvalue weighted by molar-refractivity contribution is -0.143. The van der Waals surface area contributed by atoms with E-state index in [0.29, 0.717) is 24.2 Å². The minimum atomic E-state index is -0.828. The smallest absolute Gasteiger partial charge is 0.308 e. The average molecular weight is 330 g/mol. The molecule has 1 aliphatic rings. The lowest BCUT2D eigenvalue weighted by Gasteiger charge is -2.31. The average Bonchev–Trinajstić information content (AvgIpc) is 3.08. The van der Waals surface area contributed by atoms with Crippen molar-refractivity contribution in [3.8, 4) is 10.6 Å². The number of carbonyl (C=O) groups is 2. The highest BCUT2D eigenvalue weighted by Gasteiger charge is 2.29. The molecule has 0 aromatic carbocycles. The van der Waals surface area contributed by atoms with Gasteiger partial charge in [0.15, 0.2) is 0 Å². The van der Waals surface area contributed by atoms with Crippen molar-refractivity contribution in [2.75, 3.05) is 13.1 Å². The first-order valence-electron chi connectivity index (χ1n) is 7.60. The first-order chi connectivity index (χ1) is 11.1. The molecule has 2 aromatic heterocycles. The first-order valence-corrected chi connectivity index (χ1v) is 8.48. The van der Waals surface area contributed by atoms with Gasteiger partial charge in [-0.2, -0.15) is 0 Å². The summed E-state index contributed by atoms with van der Waals surface area (Å²) in [5.74, 6) is -1.42. The summed E-state index contributed by atoms with van der Waals surface area (Å²) in [6, 6.07) is 7.61. The summed E-state index contributed by atoms with van der Waals surface area (Å²) in [7, 11) is 0. The highest BCUT2D eigenvalue weighted by Crippen LogP contribution is 2.25. The highest BCUT2D eigenvalue weighted by atomic mass is 32.1. The van der Waals surface area contributed by atoms with E-state index < -0.39 is 11.9 Å². The molecule has 1 N–H and O–H groups in total. The van der Waals surface area contributed by atoms with Crippen molar-refractivity contribution >= 4 is 23.2 Å². The number of hydrogen-bond donors (Lipinski definition) is 1. The molecule has 5 nitrogen and oxygen atoms in total. The SMILES string of the molecule is Cc1nc(-c2cccs2)ccc1C(=O)N1CCC[C@H](C(=O)O)C1.